The summed E-state index contributed by atoms with van der Waals surface area (Å²) in [4.78, 5) is 14.6. The number of halogens is 1. The fourth-order valence-electron chi connectivity index (χ4n) is 3.56. The van der Waals surface area contributed by atoms with E-state index in [9.17, 15) is 4.79 Å². The molecule has 5 heteroatoms. The van der Waals surface area contributed by atoms with E-state index in [1.165, 1.54) is 5.56 Å². The van der Waals surface area contributed by atoms with Gasteiger partial charge in [-0.05, 0) is 50.8 Å². The van der Waals surface area contributed by atoms with Gasteiger partial charge in [0.25, 0.3) is 0 Å². The largest absolute Gasteiger partial charge is 0.378 e. The molecule has 2 aliphatic heterocycles. The van der Waals surface area contributed by atoms with Crippen LogP contribution in [0.25, 0.3) is 0 Å². The lowest BCUT2D eigenvalue weighted by atomic mass is 9.95. The minimum atomic E-state index is 0. The van der Waals surface area contributed by atoms with Crippen molar-refractivity contribution in [2.24, 2.45) is 5.92 Å². The first-order valence-corrected chi connectivity index (χ1v) is 8.98. The summed E-state index contributed by atoms with van der Waals surface area (Å²) in [6, 6.07) is 10.5. The van der Waals surface area contributed by atoms with Gasteiger partial charge in [-0.1, -0.05) is 30.3 Å². The van der Waals surface area contributed by atoms with Gasteiger partial charge in [-0.25, -0.2) is 0 Å². The first-order valence-electron chi connectivity index (χ1n) is 8.98. The maximum absolute atomic E-state index is 12.5. The van der Waals surface area contributed by atoms with Crippen LogP contribution in [-0.2, 0) is 16.0 Å². The quantitative estimate of drug-likeness (QED) is 0.885. The zero-order valence-corrected chi connectivity index (χ0v) is 15.1. The third kappa shape index (κ3) is 5.47. The van der Waals surface area contributed by atoms with E-state index in [0.29, 0.717) is 12.0 Å². The van der Waals surface area contributed by atoms with Crippen LogP contribution in [0.2, 0.25) is 0 Å². The van der Waals surface area contributed by atoms with Gasteiger partial charge in [0, 0.05) is 19.0 Å². The summed E-state index contributed by atoms with van der Waals surface area (Å²) in [6.45, 7) is 4.46. The molecule has 0 radical (unpaired) electrons. The van der Waals surface area contributed by atoms with Gasteiger partial charge in [-0.2, -0.15) is 0 Å². The lowest BCUT2D eigenvalue weighted by molar-refractivity contribution is -0.139. The predicted octanol–water partition coefficient (Wildman–Crippen LogP) is 2.66. The molecule has 2 saturated heterocycles. The third-order valence-electron chi connectivity index (χ3n) is 5.03. The molecule has 1 aromatic rings. The van der Waals surface area contributed by atoms with Crippen LogP contribution < -0.4 is 5.32 Å². The maximum atomic E-state index is 12.5. The van der Waals surface area contributed by atoms with E-state index < -0.39 is 0 Å². The Morgan fingerprint density at radius 1 is 1.08 bits per heavy atom. The Morgan fingerprint density at radius 3 is 2.42 bits per heavy atom. The third-order valence-corrected chi connectivity index (χ3v) is 5.03. The summed E-state index contributed by atoms with van der Waals surface area (Å²) in [7, 11) is 0. The monoisotopic (exact) mass is 352 g/mol. The van der Waals surface area contributed by atoms with Crippen molar-refractivity contribution in [3.63, 3.8) is 0 Å². The number of carbonyl (C=O) groups is 1. The van der Waals surface area contributed by atoms with Crippen molar-refractivity contribution in [2.45, 2.75) is 38.2 Å². The van der Waals surface area contributed by atoms with Crippen LogP contribution in [0.15, 0.2) is 30.3 Å². The first kappa shape index (κ1) is 19.2. The van der Waals surface area contributed by atoms with Gasteiger partial charge in [0.15, 0.2) is 0 Å². The van der Waals surface area contributed by atoms with E-state index in [2.05, 4.69) is 34.5 Å². The van der Waals surface area contributed by atoms with E-state index in [-0.39, 0.29) is 18.3 Å². The number of hydrogen-bond acceptors (Lipinski definition) is 3. The number of nitrogens with zero attached hydrogens (tertiary/aromatic N) is 1. The van der Waals surface area contributed by atoms with Crippen LogP contribution in [-0.4, -0.2) is 49.7 Å². The highest BCUT2D eigenvalue weighted by atomic mass is 35.5. The zero-order chi connectivity index (χ0) is 15.9. The molecule has 0 unspecified atom stereocenters. The Morgan fingerprint density at radius 2 is 1.75 bits per heavy atom. The lowest BCUT2D eigenvalue weighted by Gasteiger charge is -2.35. The molecule has 0 spiro atoms. The van der Waals surface area contributed by atoms with Gasteiger partial charge >= 0.3 is 0 Å². The van der Waals surface area contributed by atoms with E-state index in [1.54, 1.807) is 0 Å². The highest BCUT2D eigenvalue weighted by Crippen LogP contribution is 2.20. The van der Waals surface area contributed by atoms with E-state index in [4.69, 9.17) is 4.74 Å². The summed E-state index contributed by atoms with van der Waals surface area (Å²) >= 11 is 0. The lowest BCUT2D eigenvalue weighted by Crippen LogP contribution is -2.46. The molecule has 2 heterocycles. The van der Waals surface area contributed by atoms with Crippen molar-refractivity contribution >= 4 is 18.3 Å². The highest BCUT2D eigenvalue weighted by molar-refractivity contribution is 5.85. The Kier molecular flexibility index (Phi) is 8.03. The number of ether oxygens (including phenoxy) is 1. The Labute approximate surface area is 151 Å². The number of carbonyl (C=O) groups excluding carboxylic acids is 1. The molecule has 1 aromatic carbocycles. The van der Waals surface area contributed by atoms with Gasteiger partial charge < -0.3 is 15.0 Å². The molecule has 4 nitrogen and oxygen atoms in total. The van der Waals surface area contributed by atoms with Crippen LogP contribution in [0.5, 0.6) is 0 Å². The minimum Gasteiger partial charge on any atom is -0.378 e. The second-order valence-electron chi connectivity index (χ2n) is 6.66. The molecule has 0 aliphatic carbocycles. The van der Waals surface area contributed by atoms with Crippen molar-refractivity contribution in [1.82, 2.24) is 10.2 Å². The zero-order valence-electron chi connectivity index (χ0n) is 14.3. The molecule has 1 amide bonds. The molecular formula is C19H29ClN2O2. The smallest absolute Gasteiger partial charge is 0.225 e. The fraction of sp³-hybridized carbons (Fsp3) is 0.632. The molecule has 1 N–H and O–H groups in total. The average molecular weight is 353 g/mol. The predicted molar refractivity (Wildman–Crippen MR) is 98.5 cm³/mol. The maximum Gasteiger partial charge on any atom is 0.225 e. The van der Waals surface area contributed by atoms with Crippen LogP contribution in [0.3, 0.4) is 0 Å². The number of hydrogen-bond donors (Lipinski definition) is 1. The van der Waals surface area contributed by atoms with Crippen molar-refractivity contribution < 1.29 is 9.53 Å². The molecule has 2 fully saturated rings. The van der Waals surface area contributed by atoms with Crippen LogP contribution in [0.4, 0.5) is 0 Å². The van der Waals surface area contributed by atoms with Gasteiger partial charge in [0.2, 0.25) is 5.91 Å². The first-order chi connectivity index (χ1) is 11.3. The van der Waals surface area contributed by atoms with Crippen LogP contribution in [0.1, 0.15) is 31.2 Å². The molecule has 3 rings (SSSR count). The number of amides is 1. The van der Waals surface area contributed by atoms with Crippen molar-refractivity contribution in [3.05, 3.63) is 35.9 Å². The summed E-state index contributed by atoms with van der Waals surface area (Å²) < 4.78 is 6.01. The van der Waals surface area contributed by atoms with Gasteiger partial charge in [0.05, 0.1) is 12.7 Å². The van der Waals surface area contributed by atoms with Gasteiger partial charge in [0.1, 0.15) is 0 Å². The normalized spacial score (nSPS) is 19.8. The number of likely N-dealkylation sites (tertiary alicyclic amines) is 1. The standard InChI is InChI=1S/C19H28N2O2.ClH/c22-19(17-6-11-20-12-7-17)21-13-8-18(9-14-21)23-15-10-16-4-2-1-3-5-16;/h1-5,17-18,20H,6-15H2;1H. The van der Waals surface area contributed by atoms with E-state index in [0.717, 1.165) is 64.9 Å². The summed E-state index contributed by atoms with van der Waals surface area (Å²) in [6.07, 6.45) is 5.22. The van der Waals surface area contributed by atoms with Crippen molar-refractivity contribution in [2.75, 3.05) is 32.8 Å². The molecular weight excluding hydrogens is 324 g/mol. The Balaban J connectivity index is 0.00000208. The topological polar surface area (TPSA) is 41.6 Å². The second kappa shape index (κ2) is 10.0. The van der Waals surface area contributed by atoms with Gasteiger partial charge in [-0.3, -0.25) is 4.79 Å². The average Bonchev–Trinajstić information content (AvgIpc) is 2.63. The molecule has 24 heavy (non-hydrogen) atoms. The SMILES string of the molecule is Cl.O=C(C1CCNCC1)N1CCC(OCCc2ccccc2)CC1. The second-order valence-corrected chi connectivity index (χ2v) is 6.66. The molecule has 0 saturated carbocycles. The molecule has 0 aromatic heterocycles. The number of nitrogens with one attached hydrogen (secondary N) is 1. The minimum absolute atomic E-state index is 0. The number of benzene rings is 1. The number of rotatable bonds is 5. The van der Waals surface area contributed by atoms with Crippen LogP contribution in [0, 0.1) is 5.92 Å². The highest BCUT2D eigenvalue weighted by Gasteiger charge is 2.29. The van der Waals surface area contributed by atoms with Crippen molar-refractivity contribution in [1.29, 1.82) is 0 Å². The van der Waals surface area contributed by atoms with Crippen LogP contribution >= 0.6 is 12.4 Å². The van der Waals surface area contributed by atoms with Gasteiger partial charge in [-0.15, -0.1) is 12.4 Å². The Bertz CT molecular complexity index is 483. The molecule has 0 atom stereocenters. The summed E-state index contributed by atoms with van der Waals surface area (Å²) in [5.74, 6) is 0.612. The molecule has 2 aliphatic rings. The summed E-state index contributed by atoms with van der Waals surface area (Å²) in [5.41, 5.74) is 1.33. The van der Waals surface area contributed by atoms with Crippen molar-refractivity contribution in [3.8, 4) is 0 Å². The van der Waals surface area contributed by atoms with E-state index in [1.807, 2.05) is 6.07 Å². The molecule has 134 valence electrons. The fourth-order valence-corrected chi connectivity index (χ4v) is 3.56. The number of piperidine rings is 2. The Hall–Kier alpha value is -1.10. The van der Waals surface area contributed by atoms with E-state index >= 15 is 0 Å². The summed E-state index contributed by atoms with van der Waals surface area (Å²) in [5, 5.41) is 3.33. The molecule has 0 bridgehead atoms.